The number of rotatable bonds is 12. The highest BCUT2D eigenvalue weighted by Gasteiger charge is 2.41. The van der Waals surface area contributed by atoms with Gasteiger partial charge in [0.05, 0.1) is 14.2 Å². The van der Waals surface area contributed by atoms with Gasteiger partial charge in [0.15, 0.2) is 11.5 Å². The average molecular weight is 539 g/mol. The summed E-state index contributed by atoms with van der Waals surface area (Å²) in [6.45, 7) is 5.79. The Morgan fingerprint density at radius 2 is 1.79 bits per heavy atom. The van der Waals surface area contributed by atoms with Gasteiger partial charge in [0.2, 0.25) is 5.78 Å². The van der Waals surface area contributed by atoms with Crippen LogP contribution >= 0.6 is 0 Å². The molecule has 1 aliphatic rings. The first-order chi connectivity index (χ1) is 18.6. The topological polar surface area (TPSA) is 94.2 Å². The van der Waals surface area contributed by atoms with Gasteiger partial charge in [0.1, 0.15) is 12.1 Å². The summed E-state index contributed by atoms with van der Waals surface area (Å²) in [6, 6.07) is 12.7. The molecule has 8 heteroatoms. The predicted molar refractivity (Wildman–Crippen MR) is 151 cm³/mol. The van der Waals surface area contributed by atoms with Crippen LogP contribution in [-0.2, 0) is 25.5 Å². The Morgan fingerprint density at radius 3 is 2.46 bits per heavy atom. The van der Waals surface area contributed by atoms with Crippen LogP contribution in [0.15, 0.2) is 42.5 Å². The van der Waals surface area contributed by atoms with Crippen molar-refractivity contribution >= 4 is 23.3 Å². The van der Waals surface area contributed by atoms with Crippen molar-refractivity contribution in [3.63, 3.8) is 0 Å². The standard InChI is InChI=1S/C31H42N2O6/c1-7-31(2,3)28(34)29(35)33-18-9-8-13-24(33)30(36)39-25(22-11-10-12-23(20-22)32-4)16-14-21-15-17-26(37-5)27(19-21)38-6/h10-12,15,17,19-20,24-25,32H,7-9,13-14,16,18H2,1-6H3. The maximum absolute atomic E-state index is 13.6. The number of carbonyl (C=O) groups excluding carboxylic acids is 3. The fraction of sp³-hybridized carbons (Fsp3) is 0.516. The number of methoxy groups -OCH3 is 2. The highest BCUT2D eigenvalue weighted by atomic mass is 16.5. The summed E-state index contributed by atoms with van der Waals surface area (Å²) < 4.78 is 16.9. The highest BCUT2D eigenvalue weighted by Crippen LogP contribution is 2.32. The molecule has 0 aromatic heterocycles. The molecule has 39 heavy (non-hydrogen) atoms. The third kappa shape index (κ3) is 7.31. The van der Waals surface area contributed by atoms with E-state index in [2.05, 4.69) is 5.32 Å². The monoisotopic (exact) mass is 538 g/mol. The number of likely N-dealkylation sites (tertiary alicyclic amines) is 1. The van der Waals surface area contributed by atoms with Gasteiger partial charge in [0.25, 0.3) is 5.91 Å². The van der Waals surface area contributed by atoms with Crippen LogP contribution in [0.4, 0.5) is 5.69 Å². The summed E-state index contributed by atoms with van der Waals surface area (Å²) in [7, 11) is 5.03. The Morgan fingerprint density at radius 1 is 1.05 bits per heavy atom. The molecule has 0 spiro atoms. The zero-order chi connectivity index (χ0) is 28.6. The maximum Gasteiger partial charge on any atom is 0.329 e. The molecule has 2 aromatic carbocycles. The van der Waals surface area contributed by atoms with Gasteiger partial charge in [-0.3, -0.25) is 9.59 Å². The number of aryl methyl sites for hydroxylation is 1. The molecule has 0 bridgehead atoms. The van der Waals surface area contributed by atoms with Gasteiger partial charge in [-0.05, 0) is 73.9 Å². The number of benzene rings is 2. The number of nitrogens with zero attached hydrogens (tertiary/aromatic N) is 1. The molecular formula is C31H42N2O6. The van der Waals surface area contributed by atoms with E-state index < -0.39 is 35.2 Å². The molecule has 3 rings (SSSR count). The lowest BCUT2D eigenvalue weighted by atomic mass is 9.84. The number of carbonyl (C=O) groups is 3. The zero-order valence-electron chi connectivity index (χ0n) is 24.0. The fourth-order valence-corrected chi connectivity index (χ4v) is 4.74. The molecule has 2 atom stereocenters. The molecule has 2 aromatic rings. The van der Waals surface area contributed by atoms with Gasteiger partial charge < -0.3 is 24.4 Å². The molecule has 0 saturated carbocycles. The second-order valence-electron chi connectivity index (χ2n) is 10.6. The molecule has 1 amide bonds. The summed E-state index contributed by atoms with van der Waals surface area (Å²) in [5, 5.41) is 3.13. The molecular weight excluding hydrogens is 496 g/mol. The van der Waals surface area contributed by atoms with Gasteiger partial charge in [0, 0.05) is 24.7 Å². The van der Waals surface area contributed by atoms with Crippen molar-refractivity contribution in [2.45, 2.75) is 71.4 Å². The molecule has 1 fully saturated rings. The number of esters is 1. The number of hydrogen-bond acceptors (Lipinski definition) is 7. The molecule has 1 N–H and O–H groups in total. The second-order valence-corrected chi connectivity index (χ2v) is 10.6. The zero-order valence-corrected chi connectivity index (χ0v) is 24.0. The van der Waals surface area contributed by atoms with Crippen LogP contribution in [0.3, 0.4) is 0 Å². The average Bonchev–Trinajstić information content (AvgIpc) is 2.97. The Bertz CT molecular complexity index is 1160. The van der Waals surface area contributed by atoms with Crippen LogP contribution in [0.1, 0.15) is 70.1 Å². The largest absolute Gasteiger partial charge is 0.493 e. The second kappa shape index (κ2) is 13.5. The first kappa shape index (κ1) is 30.0. The lowest BCUT2D eigenvalue weighted by Gasteiger charge is -2.36. The first-order valence-corrected chi connectivity index (χ1v) is 13.7. The molecule has 1 aliphatic heterocycles. The predicted octanol–water partition coefficient (Wildman–Crippen LogP) is 5.35. The number of nitrogens with one attached hydrogen (secondary N) is 1. The van der Waals surface area contributed by atoms with Crippen molar-refractivity contribution in [3.05, 3.63) is 53.6 Å². The number of Topliss-reactive ketones (excluding diaryl/α,β-unsaturated/α-hetero) is 1. The number of ketones is 1. The quantitative estimate of drug-likeness (QED) is 0.288. The van der Waals surface area contributed by atoms with Crippen LogP contribution in [-0.4, -0.2) is 56.4 Å². The summed E-state index contributed by atoms with van der Waals surface area (Å²) >= 11 is 0. The summed E-state index contributed by atoms with van der Waals surface area (Å²) in [5.41, 5.74) is 1.99. The van der Waals surface area contributed by atoms with Crippen LogP contribution in [0.5, 0.6) is 11.5 Å². The molecule has 0 radical (unpaired) electrons. The number of piperidine rings is 1. The maximum atomic E-state index is 13.6. The fourth-order valence-electron chi connectivity index (χ4n) is 4.74. The summed E-state index contributed by atoms with van der Waals surface area (Å²) in [4.78, 5) is 41.2. The van der Waals surface area contributed by atoms with E-state index in [1.807, 2.05) is 56.4 Å². The minimum Gasteiger partial charge on any atom is -0.493 e. The molecule has 1 saturated heterocycles. The minimum absolute atomic E-state index is 0.371. The van der Waals surface area contributed by atoms with E-state index in [1.165, 1.54) is 4.90 Å². The van der Waals surface area contributed by atoms with Crippen molar-refractivity contribution in [1.29, 1.82) is 0 Å². The number of ether oxygens (including phenoxy) is 3. The highest BCUT2D eigenvalue weighted by molar-refractivity contribution is 6.38. The number of hydrogen-bond donors (Lipinski definition) is 1. The lowest BCUT2D eigenvalue weighted by Crippen LogP contribution is -2.53. The number of amides is 1. The van der Waals surface area contributed by atoms with Gasteiger partial charge in [-0.2, -0.15) is 0 Å². The Hall–Kier alpha value is -3.55. The normalized spacial score (nSPS) is 16.3. The van der Waals surface area contributed by atoms with Crippen molar-refractivity contribution < 1.29 is 28.6 Å². The van der Waals surface area contributed by atoms with Gasteiger partial charge in [-0.25, -0.2) is 4.79 Å². The van der Waals surface area contributed by atoms with E-state index in [0.717, 1.165) is 29.7 Å². The van der Waals surface area contributed by atoms with Crippen LogP contribution in [0, 0.1) is 5.41 Å². The van der Waals surface area contributed by atoms with Crippen LogP contribution < -0.4 is 14.8 Å². The van der Waals surface area contributed by atoms with Gasteiger partial charge in [-0.15, -0.1) is 0 Å². The summed E-state index contributed by atoms with van der Waals surface area (Å²) in [6.07, 6.45) is 3.17. The van der Waals surface area contributed by atoms with E-state index in [4.69, 9.17) is 14.2 Å². The van der Waals surface area contributed by atoms with Crippen molar-refractivity contribution in [1.82, 2.24) is 4.90 Å². The third-order valence-corrected chi connectivity index (χ3v) is 7.68. The van der Waals surface area contributed by atoms with Gasteiger partial charge in [-0.1, -0.05) is 39.0 Å². The molecule has 2 unspecified atom stereocenters. The van der Waals surface area contributed by atoms with Crippen LogP contribution in [0.2, 0.25) is 0 Å². The van der Waals surface area contributed by atoms with Crippen LogP contribution in [0.25, 0.3) is 0 Å². The van der Waals surface area contributed by atoms with E-state index in [1.54, 1.807) is 28.1 Å². The molecule has 8 nitrogen and oxygen atoms in total. The molecule has 1 heterocycles. The Balaban J connectivity index is 1.84. The van der Waals surface area contributed by atoms with Crippen molar-refractivity contribution in [2.75, 3.05) is 33.1 Å². The van der Waals surface area contributed by atoms with Crippen molar-refractivity contribution in [3.8, 4) is 11.5 Å². The molecule has 212 valence electrons. The smallest absolute Gasteiger partial charge is 0.329 e. The Kier molecular flexibility index (Phi) is 10.4. The number of anilines is 1. The summed E-state index contributed by atoms with van der Waals surface area (Å²) in [5.74, 6) is -0.248. The van der Waals surface area contributed by atoms with E-state index in [0.29, 0.717) is 43.7 Å². The SMILES string of the molecule is CCC(C)(C)C(=O)C(=O)N1CCCCC1C(=O)OC(CCc1ccc(OC)c(OC)c1)c1cccc(NC)c1. The lowest BCUT2D eigenvalue weighted by molar-refractivity contribution is -0.164. The molecule has 0 aliphatic carbocycles. The van der Waals surface area contributed by atoms with E-state index >= 15 is 0 Å². The minimum atomic E-state index is -0.779. The third-order valence-electron chi connectivity index (χ3n) is 7.68. The van der Waals surface area contributed by atoms with E-state index in [-0.39, 0.29) is 0 Å². The van der Waals surface area contributed by atoms with Gasteiger partial charge >= 0.3 is 5.97 Å². The van der Waals surface area contributed by atoms with Crippen molar-refractivity contribution in [2.24, 2.45) is 5.41 Å². The Labute approximate surface area is 232 Å². The van der Waals surface area contributed by atoms with E-state index in [9.17, 15) is 14.4 Å². The first-order valence-electron chi connectivity index (χ1n) is 13.7.